The molecule has 21 heavy (non-hydrogen) atoms. The van der Waals surface area contributed by atoms with Crippen LogP contribution < -0.4 is 5.32 Å². The lowest BCUT2D eigenvalue weighted by Gasteiger charge is -2.15. The van der Waals surface area contributed by atoms with E-state index >= 15 is 0 Å². The predicted octanol–water partition coefficient (Wildman–Crippen LogP) is 4.48. The van der Waals surface area contributed by atoms with Gasteiger partial charge in [-0.1, -0.05) is 23.7 Å². The van der Waals surface area contributed by atoms with E-state index in [9.17, 15) is 13.2 Å². The van der Waals surface area contributed by atoms with E-state index < -0.39 is 17.5 Å². The highest BCUT2D eigenvalue weighted by molar-refractivity contribution is 6.30. The molecule has 2 aromatic carbocycles. The summed E-state index contributed by atoms with van der Waals surface area (Å²) in [5.74, 6) is -1.59. The van der Waals surface area contributed by atoms with E-state index in [4.69, 9.17) is 11.6 Å². The van der Waals surface area contributed by atoms with Crippen LogP contribution in [0.5, 0.6) is 0 Å². The van der Waals surface area contributed by atoms with Gasteiger partial charge in [0.05, 0.1) is 5.02 Å². The van der Waals surface area contributed by atoms with Crippen molar-refractivity contribution in [1.82, 2.24) is 5.32 Å². The van der Waals surface area contributed by atoms with Gasteiger partial charge in [-0.3, -0.25) is 0 Å². The Balaban J connectivity index is 1.96. The lowest BCUT2D eigenvalue weighted by Crippen LogP contribution is -2.28. The molecule has 0 saturated carbocycles. The Hall–Kier alpha value is -1.52. The summed E-state index contributed by atoms with van der Waals surface area (Å²) in [7, 11) is 0. The smallest absolute Gasteiger partial charge is 0.142 e. The van der Waals surface area contributed by atoms with E-state index in [0.29, 0.717) is 6.54 Å². The summed E-state index contributed by atoms with van der Waals surface area (Å²) in [5, 5.41) is 3.18. The molecule has 0 radical (unpaired) electrons. The molecule has 1 nitrogen and oxygen atoms in total. The molecule has 2 rings (SSSR count). The number of hydrogen-bond acceptors (Lipinski definition) is 1. The third-order valence-corrected chi connectivity index (χ3v) is 3.52. The fourth-order valence-electron chi connectivity index (χ4n) is 2.05. The van der Waals surface area contributed by atoms with E-state index in [1.807, 2.05) is 6.92 Å². The Morgan fingerprint density at radius 1 is 1.05 bits per heavy atom. The summed E-state index contributed by atoms with van der Waals surface area (Å²) < 4.78 is 40.4. The van der Waals surface area contributed by atoms with Gasteiger partial charge in [-0.05, 0) is 43.2 Å². The van der Waals surface area contributed by atoms with Crippen LogP contribution in [0.25, 0.3) is 0 Å². The number of nitrogens with one attached hydrogen (secondary N) is 1. The third kappa shape index (κ3) is 4.22. The van der Waals surface area contributed by atoms with Crippen LogP contribution in [0, 0.1) is 17.5 Å². The first-order valence-corrected chi connectivity index (χ1v) is 6.95. The van der Waals surface area contributed by atoms with Crippen LogP contribution in [0.1, 0.15) is 18.1 Å². The second-order valence-corrected chi connectivity index (χ2v) is 5.34. The number of halogens is 4. The average Bonchev–Trinajstić information content (AvgIpc) is 2.44. The molecule has 0 aliphatic heterocycles. The number of hydrogen-bond donors (Lipinski definition) is 1. The van der Waals surface area contributed by atoms with Crippen molar-refractivity contribution in [2.24, 2.45) is 0 Å². The van der Waals surface area contributed by atoms with E-state index in [1.165, 1.54) is 30.3 Å². The first-order chi connectivity index (χ1) is 9.97. The Morgan fingerprint density at radius 3 is 2.33 bits per heavy atom. The van der Waals surface area contributed by atoms with E-state index in [2.05, 4.69) is 5.32 Å². The summed E-state index contributed by atoms with van der Waals surface area (Å²) in [6.45, 7) is 2.21. The van der Waals surface area contributed by atoms with Crippen LogP contribution in [-0.4, -0.2) is 6.04 Å². The van der Waals surface area contributed by atoms with Gasteiger partial charge >= 0.3 is 0 Å². The lowest BCUT2D eigenvalue weighted by molar-refractivity contribution is 0.498. The minimum Gasteiger partial charge on any atom is -0.310 e. The maximum Gasteiger partial charge on any atom is 0.142 e. The monoisotopic (exact) mass is 313 g/mol. The standard InChI is InChI=1S/C16H15ClF3N/c1-10(7-12-14(18)3-2-4-15(12)19)21-9-11-5-6-13(17)16(20)8-11/h2-6,8,10,21H,7,9H2,1H3. The van der Waals surface area contributed by atoms with Crippen LogP contribution in [-0.2, 0) is 13.0 Å². The minimum absolute atomic E-state index is 0.0554. The molecule has 0 amide bonds. The van der Waals surface area contributed by atoms with Gasteiger partial charge in [0, 0.05) is 18.2 Å². The second kappa shape index (κ2) is 6.96. The van der Waals surface area contributed by atoms with Gasteiger partial charge < -0.3 is 5.32 Å². The van der Waals surface area contributed by atoms with Crippen molar-refractivity contribution in [3.05, 3.63) is 70.0 Å². The average molecular weight is 314 g/mol. The molecule has 0 aliphatic rings. The number of benzene rings is 2. The molecule has 0 heterocycles. The zero-order valence-electron chi connectivity index (χ0n) is 11.5. The van der Waals surface area contributed by atoms with Crippen LogP contribution in [0.2, 0.25) is 5.02 Å². The topological polar surface area (TPSA) is 12.0 Å². The molecule has 0 aromatic heterocycles. The predicted molar refractivity (Wildman–Crippen MR) is 77.8 cm³/mol. The van der Waals surface area contributed by atoms with Crippen molar-refractivity contribution in [2.45, 2.75) is 25.9 Å². The summed E-state index contributed by atoms with van der Waals surface area (Å²) in [5.41, 5.74) is 0.776. The van der Waals surface area contributed by atoms with Gasteiger partial charge in [-0.2, -0.15) is 0 Å². The summed E-state index contributed by atoms with van der Waals surface area (Å²) in [4.78, 5) is 0. The molecule has 1 atom stereocenters. The molecular weight excluding hydrogens is 299 g/mol. The molecule has 0 fully saturated rings. The van der Waals surface area contributed by atoms with Gasteiger partial charge in [0.15, 0.2) is 0 Å². The van der Waals surface area contributed by atoms with Crippen molar-refractivity contribution in [1.29, 1.82) is 0 Å². The molecule has 0 bridgehead atoms. The van der Waals surface area contributed by atoms with Crippen LogP contribution in [0.3, 0.4) is 0 Å². The first-order valence-electron chi connectivity index (χ1n) is 6.57. The van der Waals surface area contributed by atoms with Crippen molar-refractivity contribution in [3.8, 4) is 0 Å². The molecule has 0 saturated heterocycles. The molecule has 112 valence electrons. The zero-order valence-corrected chi connectivity index (χ0v) is 12.2. The van der Waals surface area contributed by atoms with Crippen molar-refractivity contribution >= 4 is 11.6 Å². The first kappa shape index (κ1) is 15.9. The second-order valence-electron chi connectivity index (χ2n) is 4.93. The van der Waals surface area contributed by atoms with Crippen molar-refractivity contribution in [2.75, 3.05) is 0 Å². The highest BCUT2D eigenvalue weighted by Crippen LogP contribution is 2.16. The highest BCUT2D eigenvalue weighted by atomic mass is 35.5. The van der Waals surface area contributed by atoms with Gasteiger partial charge in [-0.15, -0.1) is 0 Å². The lowest BCUT2D eigenvalue weighted by atomic mass is 10.1. The Kier molecular flexibility index (Phi) is 5.26. The highest BCUT2D eigenvalue weighted by Gasteiger charge is 2.12. The minimum atomic E-state index is -0.554. The van der Waals surface area contributed by atoms with Gasteiger partial charge in [-0.25, -0.2) is 13.2 Å². The Bertz CT molecular complexity index is 611. The largest absolute Gasteiger partial charge is 0.310 e. The summed E-state index contributed by atoms with van der Waals surface area (Å²) in [6.07, 6.45) is 0.217. The van der Waals surface area contributed by atoms with Gasteiger partial charge in [0.2, 0.25) is 0 Å². The summed E-state index contributed by atoms with van der Waals surface area (Å²) >= 11 is 5.61. The van der Waals surface area contributed by atoms with E-state index in [1.54, 1.807) is 6.07 Å². The zero-order chi connectivity index (χ0) is 15.4. The molecule has 0 spiro atoms. The molecule has 1 N–H and O–H groups in total. The Morgan fingerprint density at radius 2 is 1.71 bits per heavy atom. The van der Waals surface area contributed by atoms with Crippen LogP contribution in [0.4, 0.5) is 13.2 Å². The molecule has 1 unspecified atom stereocenters. The van der Waals surface area contributed by atoms with Gasteiger partial charge in [0.25, 0.3) is 0 Å². The molecule has 5 heteroatoms. The fraction of sp³-hybridized carbons (Fsp3) is 0.250. The van der Waals surface area contributed by atoms with Gasteiger partial charge in [0.1, 0.15) is 17.5 Å². The fourth-order valence-corrected chi connectivity index (χ4v) is 2.16. The van der Waals surface area contributed by atoms with E-state index in [0.717, 1.165) is 5.56 Å². The maximum atomic E-state index is 13.5. The third-order valence-electron chi connectivity index (χ3n) is 3.21. The number of rotatable bonds is 5. The Labute approximate surface area is 126 Å². The van der Waals surface area contributed by atoms with Crippen molar-refractivity contribution < 1.29 is 13.2 Å². The normalized spacial score (nSPS) is 12.4. The summed E-state index contributed by atoms with van der Waals surface area (Å²) in [6, 6.07) is 8.17. The van der Waals surface area contributed by atoms with Crippen molar-refractivity contribution in [3.63, 3.8) is 0 Å². The maximum absolute atomic E-state index is 13.5. The SMILES string of the molecule is CC(Cc1c(F)cccc1F)NCc1ccc(Cl)c(F)c1. The molecule has 2 aromatic rings. The molecule has 0 aliphatic carbocycles. The molecular formula is C16H15ClF3N. The van der Waals surface area contributed by atoms with Crippen LogP contribution in [0.15, 0.2) is 36.4 Å². The van der Waals surface area contributed by atoms with Crippen LogP contribution >= 0.6 is 11.6 Å². The van der Waals surface area contributed by atoms with E-state index in [-0.39, 0.29) is 23.0 Å². The quantitative estimate of drug-likeness (QED) is 0.858.